The topological polar surface area (TPSA) is 13.1 Å². The summed E-state index contributed by atoms with van der Waals surface area (Å²) in [5, 5.41) is 0. The molecule has 1 aromatic heterocycles. The lowest BCUT2D eigenvalue weighted by Crippen LogP contribution is -2.35. The zero-order valence-corrected chi connectivity index (χ0v) is 8.00. The predicted octanol–water partition coefficient (Wildman–Crippen LogP) is 1.58. The van der Waals surface area contributed by atoms with Crippen LogP contribution >= 0.6 is 0 Å². The van der Waals surface area contributed by atoms with E-state index in [4.69, 9.17) is 4.74 Å². The van der Waals surface area contributed by atoms with E-state index in [-0.39, 0.29) is 0 Å². The number of nitrogens with zero attached hydrogens (tertiary/aromatic N) is 1. The van der Waals surface area contributed by atoms with Crippen LogP contribution in [0, 0.1) is 13.8 Å². The van der Waals surface area contributed by atoms with Crippen molar-refractivity contribution >= 4 is 0 Å². The monoisotopic (exact) mass is 166 g/mol. The molecule has 1 aromatic rings. The number of rotatable bonds is 3. The van der Waals surface area contributed by atoms with Gasteiger partial charge < -0.3 is 4.74 Å². The third-order valence-electron chi connectivity index (χ3n) is 1.64. The van der Waals surface area contributed by atoms with Crippen molar-refractivity contribution in [3.05, 3.63) is 29.6 Å². The Hall–Kier alpha value is -0.890. The SMILES string of the molecule is CCOC[n+]1cc(C)cc(C)c1. The van der Waals surface area contributed by atoms with Crippen molar-refractivity contribution in [1.82, 2.24) is 0 Å². The molecule has 0 bridgehead atoms. The molecule has 66 valence electrons. The maximum Gasteiger partial charge on any atom is 0.252 e. The van der Waals surface area contributed by atoms with Gasteiger partial charge in [-0.05, 0) is 26.8 Å². The van der Waals surface area contributed by atoms with Crippen molar-refractivity contribution in [1.29, 1.82) is 0 Å². The minimum atomic E-state index is 0.652. The molecule has 0 aliphatic rings. The average Bonchev–Trinajstić information content (AvgIpc) is 1.99. The van der Waals surface area contributed by atoms with Gasteiger partial charge in [-0.25, -0.2) is 0 Å². The standard InChI is InChI=1S/C10H16NO/c1-4-12-8-11-6-9(2)5-10(3)7-11/h5-7H,4,8H2,1-3H3/q+1. The summed E-state index contributed by atoms with van der Waals surface area (Å²) in [5.41, 5.74) is 2.55. The number of aromatic nitrogens is 1. The van der Waals surface area contributed by atoms with E-state index < -0.39 is 0 Å². The van der Waals surface area contributed by atoms with Crippen LogP contribution in [0.15, 0.2) is 18.5 Å². The van der Waals surface area contributed by atoms with Gasteiger partial charge in [0.05, 0.1) is 6.61 Å². The minimum Gasteiger partial charge on any atom is -0.324 e. The number of aryl methyl sites for hydroxylation is 2. The summed E-state index contributed by atoms with van der Waals surface area (Å²) >= 11 is 0. The molecule has 0 amide bonds. The highest BCUT2D eigenvalue weighted by atomic mass is 16.5. The fourth-order valence-electron chi connectivity index (χ4n) is 1.27. The van der Waals surface area contributed by atoms with E-state index in [2.05, 4.69) is 36.9 Å². The molecule has 0 aliphatic carbocycles. The van der Waals surface area contributed by atoms with Gasteiger partial charge in [-0.3, -0.25) is 0 Å². The van der Waals surface area contributed by atoms with Crippen LogP contribution in [0.3, 0.4) is 0 Å². The van der Waals surface area contributed by atoms with E-state index in [1.807, 2.05) is 6.92 Å². The van der Waals surface area contributed by atoms with E-state index in [1.165, 1.54) is 11.1 Å². The van der Waals surface area contributed by atoms with Crippen molar-refractivity contribution in [2.24, 2.45) is 0 Å². The molecule has 1 heterocycles. The molecule has 2 heteroatoms. The Kier molecular flexibility index (Phi) is 3.23. The molecule has 2 nitrogen and oxygen atoms in total. The third-order valence-corrected chi connectivity index (χ3v) is 1.64. The molecule has 0 unspecified atom stereocenters. The largest absolute Gasteiger partial charge is 0.324 e. The molecule has 0 fully saturated rings. The molecule has 0 spiro atoms. The van der Waals surface area contributed by atoms with Gasteiger partial charge in [-0.15, -0.1) is 0 Å². The molecule has 12 heavy (non-hydrogen) atoms. The smallest absolute Gasteiger partial charge is 0.252 e. The second-order valence-corrected chi connectivity index (χ2v) is 3.03. The molecule has 0 saturated carbocycles. The molecule has 0 aromatic carbocycles. The molecule has 0 N–H and O–H groups in total. The number of ether oxygens (including phenoxy) is 1. The Morgan fingerprint density at radius 2 is 1.83 bits per heavy atom. The van der Waals surface area contributed by atoms with Crippen LogP contribution in [0.5, 0.6) is 0 Å². The first-order valence-corrected chi connectivity index (χ1v) is 4.27. The fraction of sp³-hybridized carbons (Fsp3) is 0.500. The highest BCUT2D eigenvalue weighted by Gasteiger charge is 2.00. The van der Waals surface area contributed by atoms with Crippen LogP contribution in [-0.2, 0) is 11.5 Å². The second kappa shape index (κ2) is 4.21. The molecule has 0 atom stereocenters. The summed E-state index contributed by atoms with van der Waals surface area (Å²) in [4.78, 5) is 0. The first-order chi connectivity index (χ1) is 5.72. The zero-order valence-electron chi connectivity index (χ0n) is 8.00. The normalized spacial score (nSPS) is 10.2. The van der Waals surface area contributed by atoms with Gasteiger partial charge in [0.25, 0.3) is 6.73 Å². The second-order valence-electron chi connectivity index (χ2n) is 3.03. The average molecular weight is 166 g/mol. The molecular weight excluding hydrogens is 150 g/mol. The minimum absolute atomic E-state index is 0.652. The van der Waals surface area contributed by atoms with Crippen molar-refractivity contribution in [2.75, 3.05) is 6.61 Å². The lowest BCUT2D eigenvalue weighted by Gasteiger charge is -1.99. The van der Waals surface area contributed by atoms with Gasteiger partial charge in [0.15, 0.2) is 12.4 Å². The Labute approximate surface area is 73.8 Å². The zero-order chi connectivity index (χ0) is 8.97. The Morgan fingerprint density at radius 3 is 2.33 bits per heavy atom. The Morgan fingerprint density at radius 1 is 1.25 bits per heavy atom. The van der Waals surface area contributed by atoms with Crippen LogP contribution in [0.4, 0.5) is 0 Å². The van der Waals surface area contributed by atoms with E-state index >= 15 is 0 Å². The summed E-state index contributed by atoms with van der Waals surface area (Å²) in [7, 11) is 0. The van der Waals surface area contributed by atoms with E-state index in [1.54, 1.807) is 0 Å². The maximum absolute atomic E-state index is 5.29. The van der Waals surface area contributed by atoms with Crippen molar-refractivity contribution < 1.29 is 9.30 Å². The lowest BCUT2D eigenvalue weighted by atomic mass is 10.2. The molecule has 0 saturated heterocycles. The van der Waals surface area contributed by atoms with E-state index in [0.717, 1.165) is 6.61 Å². The van der Waals surface area contributed by atoms with Gasteiger partial charge in [0, 0.05) is 11.1 Å². The molecule has 1 rings (SSSR count). The fourth-order valence-corrected chi connectivity index (χ4v) is 1.27. The summed E-state index contributed by atoms with van der Waals surface area (Å²) in [6, 6.07) is 2.16. The van der Waals surface area contributed by atoms with Gasteiger partial charge in [-0.1, -0.05) is 0 Å². The van der Waals surface area contributed by atoms with Crippen LogP contribution in [-0.4, -0.2) is 6.61 Å². The Balaban J connectivity index is 2.72. The van der Waals surface area contributed by atoms with Gasteiger partial charge in [0.1, 0.15) is 0 Å². The lowest BCUT2D eigenvalue weighted by molar-refractivity contribution is -0.733. The summed E-state index contributed by atoms with van der Waals surface area (Å²) in [6.07, 6.45) is 4.17. The third kappa shape index (κ3) is 2.62. The number of pyridine rings is 1. The number of hydrogen-bond acceptors (Lipinski definition) is 1. The van der Waals surface area contributed by atoms with Crippen molar-refractivity contribution in [3.8, 4) is 0 Å². The van der Waals surface area contributed by atoms with E-state index in [9.17, 15) is 0 Å². The summed E-state index contributed by atoms with van der Waals surface area (Å²) in [6.45, 7) is 7.60. The van der Waals surface area contributed by atoms with Crippen LogP contribution < -0.4 is 4.57 Å². The first kappa shape index (κ1) is 9.20. The van der Waals surface area contributed by atoms with Crippen LogP contribution in [0.2, 0.25) is 0 Å². The highest BCUT2D eigenvalue weighted by molar-refractivity contribution is 5.11. The Bertz CT molecular complexity index is 238. The van der Waals surface area contributed by atoms with Crippen molar-refractivity contribution in [2.45, 2.75) is 27.5 Å². The molecular formula is C10H16NO+. The molecule has 0 aliphatic heterocycles. The van der Waals surface area contributed by atoms with Gasteiger partial charge in [0.2, 0.25) is 0 Å². The van der Waals surface area contributed by atoms with Gasteiger partial charge in [-0.2, -0.15) is 4.57 Å². The van der Waals surface area contributed by atoms with Gasteiger partial charge >= 0.3 is 0 Å². The first-order valence-electron chi connectivity index (χ1n) is 4.27. The van der Waals surface area contributed by atoms with Crippen LogP contribution in [0.1, 0.15) is 18.1 Å². The summed E-state index contributed by atoms with van der Waals surface area (Å²) < 4.78 is 7.36. The van der Waals surface area contributed by atoms with Crippen LogP contribution in [0.25, 0.3) is 0 Å². The molecule has 0 radical (unpaired) electrons. The van der Waals surface area contributed by atoms with E-state index in [0.29, 0.717) is 6.73 Å². The highest BCUT2D eigenvalue weighted by Crippen LogP contribution is 1.96. The summed E-state index contributed by atoms with van der Waals surface area (Å²) in [5.74, 6) is 0. The quantitative estimate of drug-likeness (QED) is 0.621. The number of hydrogen-bond donors (Lipinski definition) is 0. The predicted molar refractivity (Wildman–Crippen MR) is 47.7 cm³/mol. The van der Waals surface area contributed by atoms with Crippen molar-refractivity contribution in [3.63, 3.8) is 0 Å². The maximum atomic E-state index is 5.29.